The third kappa shape index (κ3) is 2.69. The second-order valence-electron chi connectivity index (χ2n) is 3.63. The minimum absolute atomic E-state index is 0.124. The molecule has 0 bridgehead atoms. The number of ether oxygens (including phenoxy) is 1. The smallest absolute Gasteiger partial charge is 0.313 e. The molecule has 0 saturated carbocycles. The van der Waals surface area contributed by atoms with Gasteiger partial charge in [-0.1, -0.05) is 31.5 Å². The minimum Gasteiger partial charge on any atom is -0.469 e. The summed E-state index contributed by atoms with van der Waals surface area (Å²) < 4.78 is 4.76. The Bertz CT molecular complexity index is 352. The quantitative estimate of drug-likeness (QED) is 0.589. The Morgan fingerprint density at radius 2 is 2.20 bits per heavy atom. The van der Waals surface area contributed by atoms with Crippen molar-refractivity contribution in [2.24, 2.45) is 5.92 Å². The molecule has 0 spiro atoms. The Morgan fingerprint density at radius 3 is 2.67 bits per heavy atom. The molecule has 0 N–H and O–H groups in total. The standard InChI is InChI=1S/C11H14ClNO2/c1-7(2)9(11(14)15-3)8-5-4-6-13-10(8)12/h4-7,9H,1-3H3. The molecule has 1 aromatic heterocycles. The first-order chi connectivity index (χ1) is 7.07. The largest absolute Gasteiger partial charge is 0.469 e. The SMILES string of the molecule is COC(=O)C(c1cccnc1Cl)C(C)C. The molecule has 1 aromatic rings. The molecule has 15 heavy (non-hydrogen) atoms. The van der Waals surface area contributed by atoms with Crippen LogP contribution >= 0.6 is 11.6 Å². The van der Waals surface area contributed by atoms with Crippen molar-refractivity contribution in [3.8, 4) is 0 Å². The molecule has 0 saturated heterocycles. The molecular formula is C11H14ClNO2. The highest BCUT2D eigenvalue weighted by Crippen LogP contribution is 2.29. The van der Waals surface area contributed by atoms with Gasteiger partial charge in [0, 0.05) is 11.8 Å². The van der Waals surface area contributed by atoms with Crippen LogP contribution in [0.5, 0.6) is 0 Å². The van der Waals surface area contributed by atoms with Gasteiger partial charge in [0.25, 0.3) is 0 Å². The van der Waals surface area contributed by atoms with Crippen LogP contribution in [0.1, 0.15) is 25.3 Å². The fourth-order valence-electron chi connectivity index (χ4n) is 1.52. The first-order valence-corrected chi connectivity index (χ1v) is 5.14. The van der Waals surface area contributed by atoms with Gasteiger partial charge >= 0.3 is 5.97 Å². The van der Waals surface area contributed by atoms with Gasteiger partial charge in [-0.15, -0.1) is 0 Å². The molecule has 1 unspecified atom stereocenters. The Hall–Kier alpha value is -1.09. The zero-order chi connectivity index (χ0) is 11.4. The Kier molecular flexibility index (Phi) is 4.09. The highest BCUT2D eigenvalue weighted by Gasteiger charge is 2.27. The van der Waals surface area contributed by atoms with Crippen molar-refractivity contribution in [3.05, 3.63) is 29.0 Å². The maximum atomic E-state index is 11.6. The number of nitrogens with zero attached hydrogens (tertiary/aromatic N) is 1. The van der Waals surface area contributed by atoms with Crippen LogP contribution in [0.25, 0.3) is 0 Å². The molecular weight excluding hydrogens is 214 g/mol. The molecule has 0 amide bonds. The van der Waals surface area contributed by atoms with Crippen molar-refractivity contribution in [1.82, 2.24) is 4.98 Å². The number of hydrogen-bond acceptors (Lipinski definition) is 3. The molecule has 1 rings (SSSR count). The van der Waals surface area contributed by atoms with Gasteiger partial charge in [-0.3, -0.25) is 4.79 Å². The number of halogens is 1. The summed E-state index contributed by atoms with van der Waals surface area (Å²) in [5, 5.41) is 0.363. The van der Waals surface area contributed by atoms with Crippen molar-refractivity contribution < 1.29 is 9.53 Å². The van der Waals surface area contributed by atoms with E-state index < -0.39 is 0 Å². The van der Waals surface area contributed by atoms with E-state index in [1.165, 1.54) is 7.11 Å². The zero-order valence-electron chi connectivity index (χ0n) is 9.03. The summed E-state index contributed by atoms with van der Waals surface area (Å²) in [6.07, 6.45) is 1.60. The third-order valence-corrected chi connectivity index (χ3v) is 2.56. The molecule has 3 nitrogen and oxygen atoms in total. The van der Waals surface area contributed by atoms with E-state index in [1.54, 1.807) is 18.3 Å². The average Bonchev–Trinajstić information content (AvgIpc) is 2.20. The second-order valence-corrected chi connectivity index (χ2v) is 3.99. The first kappa shape index (κ1) is 12.0. The molecule has 0 aromatic carbocycles. The van der Waals surface area contributed by atoms with Crippen LogP contribution in [0.3, 0.4) is 0 Å². The zero-order valence-corrected chi connectivity index (χ0v) is 9.78. The van der Waals surface area contributed by atoms with Crippen molar-refractivity contribution in [2.75, 3.05) is 7.11 Å². The lowest BCUT2D eigenvalue weighted by Gasteiger charge is -2.19. The Balaban J connectivity index is 3.10. The monoisotopic (exact) mass is 227 g/mol. The molecule has 0 aliphatic heterocycles. The lowest BCUT2D eigenvalue weighted by Crippen LogP contribution is -2.20. The van der Waals surface area contributed by atoms with Crippen LogP contribution in [0, 0.1) is 5.92 Å². The fraction of sp³-hybridized carbons (Fsp3) is 0.455. The van der Waals surface area contributed by atoms with Gasteiger partial charge in [0.1, 0.15) is 5.15 Å². The van der Waals surface area contributed by atoms with E-state index in [-0.39, 0.29) is 17.8 Å². The van der Waals surface area contributed by atoms with Crippen LogP contribution in [0.2, 0.25) is 5.15 Å². The number of hydrogen-bond donors (Lipinski definition) is 0. The van der Waals surface area contributed by atoms with Crippen LogP contribution in [-0.4, -0.2) is 18.1 Å². The van der Waals surface area contributed by atoms with Gasteiger partial charge < -0.3 is 4.74 Å². The number of carbonyl (C=O) groups is 1. The predicted molar refractivity (Wildman–Crippen MR) is 58.8 cm³/mol. The van der Waals surface area contributed by atoms with Gasteiger partial charge in [0.15, 0.2) is 0 Å². The van der Waals surface area contributed by atoms with Gasteiger partial charge in [-0.25, -0.2) is 4.98 Å². The number of aromatic nitrogens is 1. The summed E-state index contributed by atoms with van der Waals surface area (Å²) in [6.45, 7) is 3.90. The normalized spacial score (nSPS) is 12.6. The maximum Gasteiger partial charge on any atom is 0.313 e. The lowest BCUT2D eigenvalue weighted by atomic mass is 9.89. The van der Waals surface area contributed by atoms with E-state index >= 15 is 0 Å². The lowest BCUT2D eigenvalue weighted by molar-refractivity contribution is -0.143. The molecule has 4 heteroatoms. The summed E-state index contributed by atoms with van der Waals surface area (Å²) in [6, 6.07) is 3.57. The first-order valence-electron chi connectivity index (χ1n) is 4.76. The third-order valence-electron chi connectivity index (χ3n) is 2.24. The Morgan fingerprint density at radius 1 is 1.53 bits per heavy atom. The van der Waals surface area contributed by atoms with Crippen LogP contribution in [-0.2, 0) is 9.53 Å². The summed E-state index contributed by atoms with van der Waals surface area (Å²) >= 11 is 5.95. The number of pyridine rings is 1. The van der Waals surface area contributed by atoms with E-state index in [2.05, 4.69) is 4.98 Å². The molecule has 82 valence electrons. The fourth-order valence-corrected chi connectivity index (χ4v) is 1.75. The van der Waals surface area contributed by atoms with E-state index in [0.717, 1.165) is 5.56 Å². The topological polar surface area (TPSA) is 39.2 Å². The Labute approximate surface area is 94.4 Å². The maximum absolute atomic E-state index is 11.6. The van der Waals surface area contributed by atoms with Crippen molar-refractivity contribution >= 4 is 17.6 Å². The number of rotatable bonds is 3. The molecule has 0 fully saturated rings. The molecule has 0 aliphatic rings. The van der Waals surface area contributed by atoms with Gasteiger partial charge in [0.2, 0.25) is 0 Å². The number of carbonyl (C=O) groups excluding carboxylic acids is 1. The summed E-state index contributed by atoms with van der Waals surface area (Å²) in [7, 11) is 1.38. The minimum atomic E-state index is -0.351. The van der Waals surface area contributed by atoms with Gasteiger partial charge in [0.05, 0.1) is 13.0 Å². The predicted octanol–water partition coefficient (Wildman–Crippen LogP) is 2.65. The van der Waals surface area contributed by atoms with E-state index in [1.807, 2.05) is 13.8 Å². The van der Waals surface area contributed by atoms with Crippen LogP contribution < -0.4 is 0 Å². The highest BCUT2D eigenvalue weighted by atomic mass is 35.5. The molecule has 1 atom stereocenters. The molecule has 0 radical (unpaired) electrons. The summed E-state index contributed by atoms with van der Waals surface area (Å²) in [5.74, 6) is -0.504. The summed E-state index contributed by atoms with van der Waals surface area (Å²) in [4.78, 5) is 15.6. The van der Waals surface area contributed by atoms with Crippen molar-refractivity contribution in [1.29, 1.82) is 0 Å². The molecule has 0 aliphatic carbocycles. The van der Waals surface area contributed by atoms with E-state index in [0.29, 0.717) is 5.15 Å². The average molecular weight is 228 g/mol. The second kappa shape index (κ2) is 5.12. The van der Waals surface area contributed by atoms with Crippen LogP contribution in [0.4, 0.5) is 0 Å². The van der Waals surface area contributed by atoms with Gasteiger partial charge in [-0.2, -0.15) is 0 Å². The molecule has 1 heterocycles. The number of esters is 1. The van der Waals surface area contributed by atoms with Crippen LogP contribution in [0.15, 0.2) is 18.3 Å². The summed E-state index contributed by atoms with van der Waals surface area (Å²) in [5.41, 5.74) is 0.723. The highest BCUT2D eigenvalue weighted by molar-refractivity contribution is 6.30. The van der Waals surface area contributed by atoms with Crippen molar-refractivity contribution in [2.45, 2.75) is 19.8 Å². The van der Waals surface area contributed by atoms with Gasteiger partial charge in [-0.05, 0) is 12.0 Å². The van der Waals surface area contributed by atoms with E-state index in [9.17, 15) is 4.79 Å². The van der Waals surface area contributed by atoms with E-state index in [4.69, 9.17) is 16.3 Å². The van der Waals surface area contributed by atoms with Crippen molar-refractivity contribution in [3.63, 3.8) is 0 Å². The number of methoxy groups -OCH3 is 1.